The zero-order valence-corrected chi connectivity index (χ0v) is 23.2. The van der Waals surface area contributed by atoms with Crippen LogP contribution in [-0.2, 0) is 26.2 Å². The third kappa shape index (κ3) is 7.70. The topological polar surface area (TPSA) is 139 Å². The molecule has 0 aliphatic carbocycles. The number of nitrogens with zero attached hydrogens (tertiary/aromatic N) is 3. The summed E-state index contributed by atoms with van der Waals surface area (Å²) in [7, 11) is -2.88. The second-order valence-corrected chi connectivity index (χ2v) is 11.2. The SMILES string of the molecule is COc1ccc([N+](=O)[O-])cc1N(CC(=O)N(Cc1c(Cl)cccc1Cl)[C@@H](C)C(=O)NC(C)C)S(C)(=O)=O. The first kappa shape index (κ1) is 30.1. The van der Waals surface area contributed by atoms with E-state index in [1.54, 1.807) is 32.0 Å². The van der Waals surface area contributed by atoms with Gasteiger partial charge in [-0.3, -0.25) is 24.0 Å². The van der Waals surface area contributed by atoms with E-state index in [0.29, 0.717) is 9.87 Å². The predicted octanol–water partition coefficient (Wildman–Crippen LogP) is 3.62. The van der Waals surface area contributed by atoms with Crippen LogP contribution in [-0.4, -0.2) is 62.0 Å². The number of non-ortho nitro benzene ring substituents is 1. The number of ether oxygens (including phenoxy) is 1. The second-order valence-electron chi connectivity index (χ2n) is 8.44. The molecule has 2 amide bonds. The lowest BCUT2D eigenvalue weighted by molar-refractivity contribution is -0.384. The van der Waals surface area contributed by atoms with E-state index in [2.05, 4.69) is 5.32 Å². The maximum absolute atomic E-state index is 13.6. The Morgan fingerprint density at radius 3 is 2.22 bits per heavy atom. The molecule has 14 heteroatoms. The van der Waals surface area contributed by atoms with E-state index < -0.39 is 45.0 Å². The smallest absolute Gasteiger partial charge is 0.271 e. The molecule has 0 bridgehead atoms. The van der Waals surface area contributed by atoms with Crippen LogP contribution in [0.15, 0.2) is 36.4 Å². The summed E-state index contributed by atoms with van der Waals surface area (Å²) in [5, 5.41) is 14.6. The Balaban J connectivity index is 2.57. The van der Waals surface area contributed by atoms with Gasteiger partial charge in [-0.05, 0) is 39.0 Å². The Kier molecular flexibility index (Phi) is 10.1. The predicted molar refractivity (Wildman–Crippen MR) is 142 cm³/mol. The van der Waals surface area contributed by atoms with Crippen molar-refractivity contribution >= 4 is 56.4 Å². The third-order valence-electron chi connectivity index (χ3n) is 5.31. The molecular weight excluding hydrogens is 547 g/mol. The highest BCUT2D eigenvalue weighted by Gasteiger charge is 2.32. The van der Waals surface area contributed by atoms with Crippen molar-refractivity contribution in [2.24, 2.45) is 0 Å². The standard InChI is InChI=1S/C23H28Cl2N4O7S/c1-14(2)26-23(31)15(3)27(12-17-18(24)7-6-8-19(17)25)22(30)13-28(37(5,34)35)20-11-16(29(32)33)9-10-21(20)36-4/h6-11,14-15H,12-13H2,1-5H3,(H,26,31)/t15-/m0/s1. The quantitative estimate of drug-likeness (QED) is 0.319. The molecule has 0 aliphatic rings. The molecule has 0 saturated heterocycles. The number of anilines is 1. The lowest BCUT2D eigenvalue weighted by Gasteiger charge is -2.32. The number of nitro groups is 1. The number of rotatable bonds is 11. The molecule has 0 aromatic heterocycles. The average molecular weight is 575 g/mol. The number of carbonyl (C=O) groups is 2. The molecule has 37 heavy (non-hydrogen) atoms. The summed E-state index contributed by atoms with van der Waals surface area (Å²) in [4.78, 5) is 38.2. The number of amides is 2. The molecule has 2 aromatic rings. The fraction of sp³-hybridized carbons (Fsp3) is 0.391. The number of hydrogen-bond donors (Lipinski definition) is 1. The van der Waals surface area contributed by atoms with Crippen LogP contribution in [0.1, 0.15) is 26.3 Å². The van der Waals surface area contributed by atoms with E-state index in [9.17, 15) is 28.1 Å². The van der Waals surface area contributed by atoms with Crippen molar-refractivity contribution in [1.29, 1.82) is 0 Å². The molecule has 0 saturated carbocycles. The number of benzene rings is 2. The van der Waals surface area contributed by atoms with Gasteiger partial charge in [-0.25, -0.2) is 8.42 Å². The molecule has 0 aliphatic heterocycles. The summed E-state index contributed by atoms with van der Waals surface area (Å²) in [6.07, 6.45) is 0.850. The van der Waals surface area contributed by atoms with E-state index in [0.717, 1.165) is 23.3 Å². The minimum atomic E-state index is -4.15. The van der Waals surface area contributed by atoms with Crippen LogP contribution in [0.25, 0.3) is 0 Å². The molecule has 0 spiro atoms. The number of halogens is 2. The maximum Gasteiger partial charge on any atom is 0.271 e. The monoisotopic (exact) mass is 574 g/mol. The van der Waals surface area contributed by atoms with Gasteiger partial charge in [0.25, 0.3) is 5.69 Å². The van der Waals surface area contributed by atoms with Gasteiger partial charge in [0, 0.05) is 40.3 Å². The molecule has 0 radical (unpaired) electrons. The normalized spacial score (nSPS) is 12.1. The van der Waals surface area contributed by atoms with Gasteiger partial charge in [0.2, 0.25) is 21.8 Å². The van der Waals surface area contributed by atoms with Crippen molar-refractivity contribution < 1.29 is 27.7 Å². The van der Waals surface area contributed by atoms with Crippen LogP contribution in [0.4, 0.5) is 11.4 Å². The minimum absolute atomic E-state index is 0.00452. The number of methoxy groups -OCH3 is 1. The van der Waals surface area contributed by atoms with Crippen molar-refractivity contribution in [2.75, 3.05) is 24.2 Å². The Bertz CT molecular complexity index is 1270. The van der Waals surface area contributed by atoms with Crippen molar-refractivity contribution in [3.8, 4) is 5.75 Å². The van der Waals surface area contributed by atoms with Crippen LogP contribution < -0.4 is 14.4 Å². The first-order valence-corrected chi connectivity index (χ1v) is 13.6. The summed E-state index contributed by atoms with van der Waals surface area (Å²) < 4.78 is 31.4. The lowest BCUT2D eigenvalue weighted by Crippen LogP contribution is -2.52. The van der Waals surface area contributed by atoms with Gasteiger partial charge in [0.1, 0.15) is 24.0 Å². The molecule has 1 atom stereocenters. The van der Waals surface area contributed by atoms with E-state index in [1.807, 2.05) is 0 Å². The van der Waals surface area contributed by atoms with Crippen LogP contribution in [0, 0.1) is 10.1 Å². The summed E-state index contributed by atoms with van der Waals surface area (Å²) in [6, 6.07) is 6.87. The number of carbonyl (C=O) groups excluding carboxylic acids is 2. The number of nitro benzene ring substituents is 1. The maximum atomic E-state index is 13.6. The first-order chi connectivity index (χ1) is 17.2. The van der Waals surface area contributed by atoms with Crippen molar-refractivity contribution in [1.82, 2.24) is 10.2 Å². The second kappa shape index (κ2) is 12.4. The van der Waals surface area contributed by atoms with Crippen LogP contribution in [0.2, 0.25) is 10.0 Å². The summed E-state index contributed by atoms with van der Waals surface area (Å²) >= 11 is 12.6. The van der Waals surface area contributed by atoms with E-state index in [1.165, 1.54) is 20.1 Å². The molecule has 202 valence electrons. The van der Waals surface area contributed by atoms with Gasteiger partial charge in [-0.1, -0.05) is 29.3 Å². The number of sulfonamides is 1. The van der Waals surface area contributed by atoms with Gasteiger partial charge in [-0.2, -0.15) is 0 Å². The lowest BCUT2D eigenvalue weighted by atomic mass is 10.1. The molecule has 2 rings (SSSR count). The molecule has 0 unspecified atom stereocenters. The average Bonchev–Trinajstić information content (AvgIpc) is 2.80. The highest BCUT2D eigenvalue weighted by molar-refractivity contribution is 7.92. The van der Waals surface area contributed by atoms with E-state index in [-0.39, 0.29) is 34.1 Å². The fourth-order valence-corrected chi connectivity index (χ4v) is 4.78. The van der Waals surface area contributed by atoms with E-state index >= 15 is 0 Å². The largest absolute Gasteiger partial charge is 0.495 e. The van der Waals surface area contributed by atoms with E-state index in [4.69, 9.17) is 27.9 Å². The molecule has 0 fully saturated rings. The Morgan fingerprint density at radius 1 is 1.14 bits per heavy atom. The first-order valence-electron chi connectivity index (χ1n) is 11.0. The van der Waals surface area contributed by atoms with Gasteiger partial charge in [-0.15, -0.1) is 0 Å². The highest BCUT2D eigenvalue weighted by atomic mass is 35.5. The summed E-state index contributed by atoms with van der Waals surface area (Å²) in [5.74, 6) is -1.26. The van der Waals surface area contributed by atoms with Crippen molar-refractivity contribution in [3.05, 3.63) is 62.1 Å². The van der Waals surface area contributed by atoms with Crippen LogP contribution in [0.5, 0.6) is 5.75 Å². The molecule has 0 heterocycles. The minimum Gasteiger partial charge on any atom is -0.495 e. The zero-order chi connectivity index (χ0) is 28.1. The molecule has 2 aromatic carbocycles. The summed E-state index contributed by atoms with van der Waals surface area (Å²) in [5.41, 5.74) is -0.244. The molecular formula is C23H28Cl2N4O7S. The molecule has 11 nitrogen and oxygen atoms in total. The third-order valence-corrected chi connectivity index (χ3v) is 7.14. The molecule has 1 N–H and O–H groups in total. The van der Waals surface area contributed by atoms with Crippen molar-refractivity contribution in [2.45, 2.75) is 39.4 Å². The Labute approximate surface area is 225 Å². The van der Waals surface area contributed by atoms with Crippen LogP contribution in [0.3, 0.4) is 0 Å². The van der Waals surface area contributed by atoms with Gasteiger partial charge < -0.3 is 15.0 Å². The van der Waals surface area contributed by atoms with Gasteiger partial charge in [0.15, 0.2) is 0 Å². The fourth-order valence-electron chi connectivity index (χ4n) is 3.42. The Hall–Kier alpha value is -3.09. The number of hydrogen-bond acceptors (Lipinski definition) is 7. The van der Waals surface area contributed by atoms with Crippen LogP contribution >= 0.6 is 23.2 Å². The van der Waals surface area contributed by atoms with Gasteiger partial charge in [0.05, 0.1) is 18.3 Å². The van der Waals surface area contributed by atoms with Crippen molar-refractivity contribution in [3.63, 3.8) is 0 Å². The highest BCUT2D eigenvalue weighted by Crippen LogP contribution is 2.34. The summed E-state index contributed by atoms with van der Waals surface area (Å²) in [6.45, 7) is 4.01. The number of nitrogens with one attached hydrogen (secondary N) is 1. The Morgan fingerprint density at radius 2 is 1.73 bits per heavy atom. The van der Waals surface area contributed by atoms with Gasteiger partial charge >= 0.3 is 0 Å². The zero-order valence-electron chi connectivity index (χ0n) is 20.9.